The summed E-state index contributed by atoms with van der Waals surface area (Å²) < 4.78 is 21.1. The summed E-state index contributed by atoms with van der Waals surface area (Å²) in [5.74, 6) is -2.91. The molecule has 0 aliphatic carbocycles. The zero-order valence-electron chi connectivity index (χ0n) is 17.8. The Morgan fingerprint density at radius 2 is 1.80 bits per heavy atom. The smallest absolute Gasteiger partial charge is 0.311 e. The molecule has 0 amide bonds. The van der Waals surface area contributed by atoms with Crippen LogP contribution in [0, 0.1) is 25.6 Å². The van der Waals surface area contributed by atoms with E-state index in [9.17, 15) is 19.1 Å². The third-order valence-corrected chi connectivity index (χ3v) is 5.82. The van der Waals surface area contributed by atoms with E-state index in [0.717, 1.165) is 5.56 Å². The van der Waals surface area contributed by atoms with Gasteiger partial charge >= 0.3 is 5.97 Å². The van der Waals surface area contributed by atoms with Gasteiger partial charge in [-0.3, -0.25) is 14.2 Å². The summed E-state index contributed by atoms with van der Waals surface area (Å²) in [6, 6.07) is 9.82. The predicted octanol–water partition coefficient (Wildman–Crippen LogP) is 5.31. The summed E-state index contributed by atoms with van der Waals surface area (Å²) in [5.41, 5.74) is 2.81. The Balaban J connectivity index is 2.36. The normalized spacial score (nSPS) is 13.3. The van der Waals surface area contributed by atoms with Crippen molar-refractivity contribution in [2.45, 2.75) is 40.0 Å². The predicted molar refractivity (Wildman–Crippen MR) is 114 cm³/mol. The molecule has 0 bridgehead atoms. The van der Waals surface area contributed by atoms with Gasteiger partial charge < -0.3 is 9.84 Å². The van der Waals surface area contributed by atoms with E-state index in [1.165, 1.54) is 23.8 Å². The van der Waals surface area contributed by atoms with Crippen molar-refractivity contribution in [1.29, 1.82) is 0 Å². The second-order valence-electron chi connectivity index (χ2n) is 7.71. The van der Waals surface area contributed by atoms with Crippen LogP contribution in [0.4, 0.5) is 4.39 Å². The summed E-state index contributed by atoms with van der Waals surface area (Å²) in [6.07, 6.45) is 0.646. The van der Waals surface area contributed by atoms with Crippen molar-refractivity contribution in [2.24, 2.45) is 5.92 Å². The number of fused-ring (bicyclic) bond motifs is 1. The number of carbonyl (C=O) groups is 2. The molecule has 1 N–H and O–H groups in total. The van der Waals surface area contributed by atoms with E-state index in [1.54, 1.807) is 19.1 Å². The first-order valence-corrected chi connectivity index (χ1v) is 9.93. The molecular weight excluding hydrogens is 385 g/mol. The van der Waals surface area contributed by atoms with Gasteiger partial charge in [0.05, 0.1) is 18.5 Å². The van der Waals surface area contributed by atoms with E-state index in [0.29, 0.717) is 34.1 Å². The van der Waals surface area contributed by atoms with E-state index in [1.807, 2.05) is 32.9 Å². The maximum atomic E-state index is 14.6. The Labute approximate surface area is 175 Å². The molecule has 2 unspecified atom stereocenters. The van der Waals surface area contributed by atoms with Crippen molar-refractivity contribution < 1.29 is 23.8 Å². The molecule has 158 valence electrons. The maximum Gasteiger partial charge on any atom is 0.311 e. The Hall–Kier alpha value is -3.15. The van der Waals surface area contributed by atoms with Crippen LogP contribution in [0.5, 0.6) is 5.75 Å². The zero-order valence-corrected chi connectivity index (χ0v) is 17.8. The molecular formula is C24H26FNO4. The summed E-state index contributed by atoms with van der Waals surface area (Å²) in [7, 11) is 1.36. The SMILES string of the molecule is CCC(C)C(C(=O)O)c1c(C)n(C(=O)c2ccc(C)cc2)c2cc(F)c(OC)cc12. The minimum Gasteiger partial charge on any atom is -0.494 e. The number of aryl methyl sites for hydroxylation is 1. The standard InChI is InChI=1S/C24H26FNO4/c1-6-14(3)21(24(28)29)22-15(4)26(23(27)16-9-7-13(2)8-10-16)19-12-18(25)20(30-5)11-17(19)22/h7-12,14,21H,6H2,1-5H3,(H,28,29). The number of methoxy groups -OCH3 is 1. The number of ether oxygens (including phenoxy) is 1. The lowest BCUT2D eigenvalue weighted by atomic mass is 9.84. The molecule has 0 saturated heterocycles. The van der Waals surface area contributed by atoms with Gasteiger partial charge in [-0.25, -0.2) is 4.39 Å². The van der Waals surface area contributed by atoms with Gasteiger partial charge in [0.25, 0.3) is 5.91 Å². The van der Waals surface area contributed by atoms with Gasteiger partial charge in [-0.1, -0.05) is 38.0 Å². The van der Waals surface area contributed by atoms with Crippen LogP contribution < -0.4 is 4.74 Å². The number of carboxylic acids is 1. The third kappa shape index (κ3) is 3.58. The molecule has 0 saturated carbocycles. The number of rotatable bonds is 6. The van der Waals surface area contributed by atoms with Crippen LogP contribution in [-0.2, 0) is 4.79 Å². The van der Waals surface area contributed by atoms with Crippen molar-refractivity contribution in [1.82, 2.24) is 4.57 Å². The lowest BCUT2D eigenvalue weighted by molar-refractivity contribution is -0.140. The number of nitrogens with zero attached hydrogens (tertiary/aromatic N) is 1. The maximum absolute atomic E-state index is 14.6. The van der Waals surface area contributed by atoms with Crippen LogP contribution in [0.25, 0.3) is 10.9 Å². The molecule has 0 aliphatic heterocycles. The Bertz CT molecular complexity index is 1110. The average molecular weight is 411 g/mol. The minimum absolute atomic E-state index is 0.0111. The third-order valence-electron chi connectivity index (χ3n) is 5.82. The number of aliphatic carboxylic acids is 1. The molecule has 0 fully saturated rings. The van der Waals surface area contributed by atoms with Crippen LogP contribution >= 0.6 is 0 Å². The largest absolute Gasteiger partial charge is 0.494 e. The molecule has 1 aromatic heterocycles. The molecule has 2 atom stereocenters. The van der Waals surface area contributed by atoms with E-state index in [2.05, 4.69) is 0 Å². The molecule has 6 heteroatoms. The second kappa shape index (κ2) is 8.30. The first kappa shape index (κ1) is 21.6. The molecule has 0 radical (unpaired) electrons. The molecule has 2 aromatic carbocycles. The van der Waals surface area contributed by atoms with Gasteiger partial charge in [-0.05, 0) is 43.5 Å². The van der Waals surface area contributed by atoms with Crippen LogP contribution in [0.3, 0.4) is 0 Å². The molecule has 3 aromatic rings. The highest BCUT2D eigenvalue weighted by molar-refractivity contribution is 6.05. The number of hydrogen-bond acceptors (Lipinski definition) is 3. The summed E-state index contributed by atoms with van der Waals surface area (Å²) in [4.78, 5) is 25.6. The summed E-state index contributed by atoms with van der Waals surface area (Å²) in [6.45, 7) is 7.43. The topological polar surface area (TPSA) is 68.5 Å². The van der Waals surface area contributed by atoms with Gasteiger partial charge in [0.1, 0.15) is 0 Å². The van der Waals surface area contributed by atoms with Crippen LogP contribution in [0.2, 0.25) is 0 Å². The van der Waals surface area contributed by atoms with Crippen molar-refractivity contribution in [3.8, 4) is 5.75 Å². The Morgan fingerprint density at radius 3 is 2.33 bits per heavy atom. The molecule has 0 spiro atoms. The highest BCUT2D eigenvalue weighted by Gasteiger charge is 2.33. The molecule has 3 rings (SSSR count). The van der Waals surface area contributed by atoms with Crippen LogP contribution in [0.15, 0.2) is 36.4 Å². The number of carboxylic acid groups (broad SMARTS) is 1. The fourth-order valence-electron chi connectivity index (χ4n) is 3.96. The van der Waals surface area contributed by atoms with E-state index in [4.69, 9.17) is 4.74 Å². The fraction of sp³-hybridized carbons (Fsp3) is 0.333. The van der Waals surface area contributed by atoms with E-state index < -0.39 is 17.7 Å². The lowest BCUT2D eigenvalue weighted by Crippen LogP contribution is -2.21. The average Bonchev–Trinajstić information content (AvgIpc) is 2.98. The van der Waals surface area contributed by atoms with Crippen molar-refractivity contribution in [2.75, 3.05) is 7.11 Å². The summed E-state index contributed by atoms with van der Waals surface area (Å²) >= 11 is 0. The molecule has 1 heterocycles. The quantitative estimate of drug-likeness (QED) is 0.597. The van der Waals surface area contributed by atoms with Gasteiger partial charge in [-0.2, -0.15) is 0 Å². The van der Waals surface area contributed by atoms with Crippen molar-refractivity contribution in [3.05, 3.63) is 64.6 Å². The van der Waals surface area contributed by atoms with Crippen LogP contribution in [-0.4, -0.2) is 28.7 Å². The summed E-state index contributed by atoms with van der Waals surface area (Å²) in [5, 5.41) is 10.5. The number of benzene rings is 2. The van der Waals surface area contributed by atoms with Gasteiger partial charge in [0.2, 0.25) is 0 Å². The van der Waals surface area contributed by atoms with Crippen molar-refractivity contribution >= 4 is 22.8 Å². The number of hydrogen-bond donors (Lipinski definition) is 1. The van der Waals surface area contributed by atoms with Gasteiger partial charge in [0, 0.05) is 22.7 Å². The number of aromatic nitrogens is 1. The highest BCUT2D eigenvalue weighted by Crippen LogP contribution is 2.39. The number of halogens is 1. The molecule has 30 heavy (non-hydrogen) atoms. The van der Waals surface area contributed by atoms with Crippen molar-refractivity contribution in [3.63, 3.8) is 0 Å². The Morgan fingerprint density at radius 1 is 1.17 bits per heavy atom. The fourth-order valence-corrected chi connectivity index (χ4v) is 3.96. The monoisotopic (exact) mass is 411 g/mol. The Kier molecular flexibility index (Phi) is 5.97. The van der Waals surface area contributed by atoms with Gasteiger partial charge in [0.15, 0.2) is 11.6 Å². The number of carbonyl (C=O) groups excluding carboxylic acids is 1. The minimum atomic E-state index is -0.974. The lowest BCUT2D eigenvalue weighted by Gasteiger charge is -2.20. The second-order valence-corrected chi connectivity index (χ2v) is 7.71. The first-order valence-electron chi connectivity index (χ1n) is 9.93. The molecule has 0 aliphatic rings. The van der Waals surface area contributed by atoms with E-state index in [-0.39, 0.29) is 17.6 Å². The van der Waals surface area contributed by atoms with Gasteiger partial charge in [-0.15, -0.1) is 0 Å². The van der Waals surface area contributed by atoms with Crippen LogP contribution in [0.1, 0.15) is 53.4 Å². The first-order chi connectivity index (χ1) is 14.2. The molecule has 5 nitrogen and oxygen atoms in total. The zero-order chi connectivity index (χ0) is 22.2. The highest BCUT2D eigenvalue weighted by atomic mass is 19.1. The van der Waals surface area contributed by atoms with E-state index >= 15 is 0 Å².